The second kappa shape index (κ2) is 8.61. The lowest BCUT2D eigenvalue weighted by molar-refractivity contribution is -0.137. The Kier molecular flexibility index (Phi) is 6.10. The number of rotatable bonds is 5. The lowest BCUT2D eigenvalue weighted by Gasteiger charge is -2.27. The number of ether oxygens (including phenoxy) is 3. The van der Waals surface area contributed by atoms with E-state index in [1.54, 1.807) is 0 Å². The molecule has 2 aromatic rings. The van der Waals surface area contributed by atoms with Crippen LogP contribution in [-0.2, 0) is 15.8 Å². The maximum Gasteiger partial charge on any atom is 0.416 e. The van der Waals surface area contributed by atoms with Gasteiger partial charge in [-0.1, -0.05) is 6.07 Å². The summed E-state index contributed by atoms with van der Waals surface area (Å²) in [5.74, 6) is -1.33. The van der Waals surface area contributed by atoms with Crippen LogP contribution in [0.4, 0.5) is 23.7 Å². The minimum absolute atomic E-state index is 0.244. The second-order valence-electron chi connectivity index (χ2n) is 6.46. The van der Waals surface area contributed by atoms with E-state index in [1.807, 2.05) is 5.32 Å². The van der Waals surface area contributed by atoms with Crippen molar-refractivity contribution in [3.63, 3.8) is 0 Å². The van der Waals surface area contributed by atoms with Crippen molar-refractivity contribution in [2.75, 3.05) is 26.2 Å². The van der Waals surface area contributed by atoms with Crippen molar-refractivity contribution in [1.29, 1.82) is 0 Å². The van der Waals surface area contributed by atoms with Crippen LogP contribution in [0.1, 0.15) is 11.1 Å². The highest BCUT2D eigenvalue weighted by Crippen LogP contribution is 2.39. The first-order valence-electron chi connectivity index (χ1n) is 8.99. The van der Waals surface area contributed by atoms with E-state index in [0.29, 0.717) is 11.0 Å². The normalized spacial score (nSPS) is 15.6. The number of carbonyl (C=O) groups excluding carboxylic acids is 3. The number of halogens is 3. The number of alkyl halides is 3. The van der Waals surface area contributed by atoms with Crippen LogP contribution in [0.5, 0.6) is 17.2 Å². The third-order valence-corrected chi connectivity index (χ3v) is 4.53. The first-order valence-corrected chi connectivity index (χ1v) is 8.99. The Hall–Kier alpha value is -4.02. The monoisotopic (exact) mass is 450 g/mol. The Morgan fingerprint density at radius 2 is 1.56 bits per heavy atom. The van der Waals surface area contributed by atoms with Gasteiger partial charge in [0.15, 0.2) is 11.5 Å². The molecule has 4 amide bonds. The third-order valence-electron chi connectivity index (χ3n) is 4.53. The highest BCUT2D eigenvalue weighted by atomic mass is 19.4. The maximum atomic E-state index is 13.1. The van der Waals surface area contributed by atoms with Gasteiger partial charge in [-0.2, -0.15) is 13.2 Å². The first kappa shape index (κ1) is 22.7. The van der Waals surface area contributed by atoms with Gasteiger partial charge in [-0.05, 0) is 42.0 Å². The molecule has 0 radical (unpaired) electrons. The van der Waals surface area contributed by atoms with Crippen LogP contribution in [0.2, 0.25) is 0 Å². The molecule has 0 aliphatic carbocycles. The Morgan fingerprint density at radius 1 is 0.938 bits per heavy atom. The average molecular weight is 450 g/mol. The summed E-state index contributed by atoms with van der Waals surface area (Å²) in [6.45, 7) is 0. The lowest BCUT2D eigenvalue weighted by Crippen LogP contribution is -2.54. The summed E-state index contributed by atoms with van der Waals surface area (Å²) in [6.07, 6.45) is -3.52. The molecule has 1 N–H and O–H groups in total. The SMILES string of the molecule is COc1cc(C=C2C(=O)NC(=O)N(c3cccc(C(F)(F)F)c3)C2=O)cc(OC)c1OC. The number of nitrogens with one attached hydrogen (secondary N) is 1. The molecule has 0 saturated carbocycles. The fraction of sp³-hybridized carbons (Fsp3) is 0.190. The number of imide groups is 2. The molecule has 32 heavy (non-hydrogen) atoms. The molecule has 8 nitrogen and oxygen atoms in total. The van der Waals surface area contributed by atoms with Crippen molar-refractivity contribution in [3.05, 3.63) is 53.1 Å². The standard InChI is InChI=1S/C21H17F3N2O6/c1-30-15-8-11(9-16(31-2)17(15)32-3)7-14-18(27)25-20(29)26(19(14)28)13-6-4-5-12(10-13)21(22,23)24/h4-10H,1-3H3,(H,25,27,29). The average Bonchev–Trinajstić information content (AvgIpc) is 2.75. The number of barbiturate groups is 1. The number of nitrogens with zero attached hydrogens (tertiary/aromatic N) is 1. The summed E-state index contributed by atoms with van der Waals surface area (Å²) in [5, 5.41) is 1.96. The molecule has 1 fully saturated rings. The van der Waals surface area contributed by atoms with Gasteiger partial charge >= 0.3 is 12.2 Å². The van der Waals surface area contributed by atoms with E-state index in [-0.39, 0.29) is 28.5 Å². The van der Waals surface area contributed by atoms with Gasteiger partial charge in [0.05, 0.1) is 32.6 Å². The fourth-order valence-corrected chi connectivity index (χ4v) is 3.06. The van der Waals surface area contributed by atoms with E-state index in [9.17, 15) is 27.6 Å². The van der Waals surface area contributed by atoms with Gasteiger partial charge < -0.3 is 14.2 Å². The van der Waals surface area contributed by atoms with Crippen LogP contribution in [0.3, 0.4) is 0 Å². The van der Waals surface area contributed by atoms with Gasteiger partial charge in [0.1, 0.15) is 5.57 Å². The predicted molar refractivity (Wildman–Crippen MR) is 107 cm³/mol. The number of carbonyl (C=O) groups is 3. The van der Waals surface area contributed by atoms with E-state index in [2.05, 4.69) is 0 Å². The molecule has 168 valence electrons. The summed E-state index contributed by atoms with van der Waals surface area (Å²) in [6, 6.07) is 5.40. The molecule has 1 aliphatic rings. The number of hydrogen-bond donors (Lipinski definition) is 1. The quantitative estimate of drug-likeness (QED) is 0.555. The molecular formula is C21H17F3N2O6. The smallest absolute Gasteiger partial charge is 0.416 e. The van der Waals surface area contributed by atoms with Gasteiger partial charge in [0, 0.05) is 0 Å². The Morgan fingerprint density at radius 3 is 2.09 bits per heavy atom. The molecule has 1 saturated heterocycles. The molecule has 1 aliphatic heterocycles. The van der Waals surface area contributed by atoms with Crippen molar-refractivity contribution in [3.8, 4) is 17.2 Å². The minimum Gasteiger partial charge on any atom is -0.493 e. The molecule has 0 aromatic heterocycles. The Bertz CT molecular complexity index is 1100. The number of benzene rings is 2. The summed E-state index contributed by atoms with van der Waals surface area (Å²) in [7, 11) is 4.15. The highest BCUT2D eigenvalue weighted by molar-refractivity contribution is 6.39. The summed E-state index contributed by atoms with van der Waals surface area (Å²) >= 11 is 0. The minimum atomic E-state index is -4.68. The molecule has 0 unspecified atom stereocenters. The molecule has 3 rings (SSSR count). The first-order chi connectivity index (χ1) is 15.1. The van der Waals surface area contributed by atoms with Crippen LogP contribution < -0.4 is 24.4 Å². The van der Waals surface area contributed by atoms with Gasteiger partial charge in [-0.15, -0.1) is 0 Å². The number of hydrogen-bond acceptors (Lipinski definition) is 6. The molecule has 0 spiro atoms. The number of amides is 4. The van der Waals surface area contributed by atoms with Crippen molar-refractivity contribution >= 4 is 29.6 Å². The Labute approximate surface area is 180 Å². The summed E-state index contributed by atoms with van der Waals surface area (Å²) in [4.78, 5) is 38.0. The molecule has 0 atom stereocenters. The fourth-order valence-electron chi connectivity index (χ4n) is 3.06. The number of anilines is 1. The van der Waals surface area contributed by atoms with Crippen LogP contribution in [0.25, 0.3) is 6.08 Å². The topological polar surface area (TPSA) is 94.2 Å². The summed E-state index contributed by atoms with van der Waals surface area (Å²) in [5.41, 5.74) is -1.58. The lowest BCUT2D eigenvalue weighted by atomic mass is 10.1. The third kappa shape index (κ3) is 4.22. The van der Waals surface area contributed by atoms with Gasteiger partial charge in [0.25, 0.3) is 11.8 Å². The Balaban J connectivity index is 2.07. The van der Waals surface area contributed by atoms with E-state index >= 15 is 0 Å². The van der Waals surface area contributed by atoms with Crippen LogP contribution in [0.15, 0.2) is 42.0 Å². The largest absolute Gasteiger partial charge is 0.493 e. The van der Waals surface area contributed by atoms with Crippen LogP contribution >= 0.6 is 0 Å². The van der Waals surface area contributed by atoms with Gasteiger partial charge in [0.2, 0.25) is 5.75 Å². The molecule has 0 bridgehead atoms. The van der Waals surface area contributed by atoms with Crippen molar-refractivity contribution < 1.29 is 41.8 Å². The highest BCUT2D eigenvalue weighted by Gasteiger charge is 2.38. The number of methoxy groups -OCH3 is 3. The predicted octanol–water partition coefficient (Wildman–Crippen LogP) is 3.40. The summed E-state index contributed by atoms with van der Waals surface area (Å²) < 4.78 is 54.8. The molecule has 2 aromatic carbocycles. The molecule has 1 heterocycles. The molecule has 11 heteroatoms. The van der Waals surface area contributed by atoms with E-state index in [1.165, 1.54) is 33.5 Å². The zero-order chi connectivity index (χ0) is 23.6. The second-order valence-corrected chi connectivity index (χ2v) is 6.46. The van der Waals surface area contributed by atoms with Crippen molar-refractivity contribution in [1.82, 2.24) is 5.32 Å². The van der Waals surface area contributed by atoms with E-state index < -0.39 is 35.2 Å². The molecular weight excluding hydrogens is 433 g/mol. The number of urea groups is 1. The van der Waals surface area contributed by atoms with E-state index in [0.717, 1.165) is 24.3 Å². The zero-order valence-corrected chi connectivity index (χ0v) is 17.1. The zero-order valence-electron chi connectivity index (χ0n) is 17.1. The maximum absolute atomic E-state index is 13.1. The van der Waals surface area contributed by atoms with Crippen LogP contribution in [-0.4, -0.2) is 39.2 Å². The van der Waals surface area contributed by atoms with Gasteiger partial charge in [-0.25, -0.2) is 9.69 Å². The van der Waals surface area contributed by atoms with Crippen molar-refractivity contribution in [2.45, 2.75) is 6.18 Å². The van der Waals surface area contributed by atoms with Crippen LogP contribution in [0, 0.1) is 0 Å². The van der Waals surface area contributed by atoms with E-state index in [4.69, 9.17) is 14.2 Å². The van der Waals surface area contributed by atoms with Gasteiger partial charge in [-0.3, -0.25) is 14.9 Å². The van der Waals surface area contributed by atoms with Crippen molar-refractivity contribution in [2.24, 2.45) is 0 Å².